The molecule has 11 heteroatoms. The third kappa shape index (κ3) is 4.72. The number of hydrogen-bond acceptors (Lipinski definition) is 6. The normalized spacial score (nSPS) is 13.4. The summed E-state index contributed by atoms with van der Waals surface area (Å²) in [5.41, 5.74) is 2.50. The van der Waals surface area contributed by atoms with Gasteiger partial charge in [0, 0.05) is 65.0 Å². The van der Waals surface area contributed by atoms with Crippen molar-refractivity contribution in [3.8, 4) is 21.7 Å². The predicted octanol–water partition coefficient (Wildman–Crippen LogP) is 4.76. The third-order valence-electron chi connectivity index (χ3n) is 4.68. The lowest BCUT2D eigenvalue weighted by Crippen LogP contribution is -2.28. The largest absolute Gasteiger partial charge is 0.434 e. The van der Waals surface area contributed by atoms with Gasteiger partial charge < -0.3 is 10.6 Å². The van der Waals surface area contributed by atoms with E-state index in [1.807, 2.05) is 6.07 Å². The first-order valence-electron chi connectivity index (χ1n) is 9.83. The number of aromatic nitrogens is 3. The van der Waals surface area contributed by atoms with Gasteiger partial charge in [-0.25, -0.2) is 14.8 Å². The lowest BCUT2D eigenvalue weighted by molar-refractivity contribution is -0.140. The summed E-state index contributed by atoms with van der Waals surface area (Å²) in [7, 11) is 0. The van der Waals surface area contributed by atoms with E-state index < -0.39 is 17.9 Å². The molecule has 3 aromatic rings. The van der Waals surface area contributed by atoms with Gasteiger partial charge >= 0.3 is 12.2 Å². The summed E-state index contributed by atoms with van der Waals surface area (Å²) >= 11 is 0.874. The van der Waals surface area contributed by atoms with Crippen molar-refractivity contribution in [3.63, 3.8) is 0 Å². The van der Waals surface area contributed by atoms with Crippen LogP contribution in [0.4, 0.5) is 23.8 Å². The molecule has 166 valence electrons. The Morgan fingerprint density at radius 2 is 2.00 bits per heavy atom. The van der Waals surface area contributed by atoms with Crippen molar-refractivity contribution in [1.29, 1.82) is 0 Å². The maximum absolute atomic E-state index is 13.1. The van der Waals surface area contributed by atoms with E-state index in [1.54, 1.807) is 19.3 Å². The lowest BCUT2D eigenvalue weighted by atomic mass is 10.0. The van der Waals surface area contributed by atoms with Crippen LogP contribution in [0.1, 0.15) is 24.6 Å². The number of carbonyl (C=O) groups is 1. The van der Waals surface area contributed by atoms with E-state index in [2.05, 4.69) is 37.0 Å². The zero-order valence-electron chi connectivity index (χ0n) is 17.0. The maximum atomic E-state index is 13.1. The minimum absolute atomic E-state index is 0.164. The maximum Gasteiger partial charge on any atom is 0.434 e. The molecule has 0 atom stereocenters. The summed E-state index contributed by atoms with van der Waals surface area (Å²) in [6.07, 6.45) is 3.27. The summed E-state index contributed by atoms with van der Waals surface area (Å²) in [5.74, 6) is 0.197. The fourth-order valence-corrected chi connectivity index (χ4v) is 4.09. The number of nitrogens with one attached hydrogen (secondary N) is 3. The molecule has 3 aromatic heterocycles. The van der Waals surface area contributed by atoms with Gasteiger partial charge in [-0.3, -0.25) is 10.3 Å². The van der Waals surface area contributed by atoms with Crippen LogP contribution in [0.3, 0.4) is 0 Å². The van der Waals surface area contributed by atoms with E-state index in [0.717, 1.165) is 40.9 Å². The van der Waals surface area contributed by atoms with Gasteiger partial charge in [-0.05, 0) is 25.5 Å². The molecule has 32 heavy (non-hydrogen) atoms. The molecule has 0 bridgehead atoms. The summed E-state index contributed by atoms with van der Waals surface area (Å²) < 4.78 is 39.4. The highest BCUT2D eigenvalue weighted by atomic mass is 32.1. The summed E-state index contributed by atoms with van der Waals surface area (Å²) in [6, 6.07) is 2.95. The van der Waals surface area contributed by atoms with E-state index in [1.165, 1.54) is 12.3 Å². The number of hydrogen-bond donors (Lipinski definition) is 3. The highest BCUT2D eigenvalue weighted by Crippen LogP contribution is 2.38. The van der Waals surface area contributed by atoms with Crippen molar-refractivity contribution in [2.45, 2.75) is 19.5 Å². The van der Waals surface area contributed by atoms with Crippen LogP contribution in [0.2, 0.25) is 0 Å². The van der Waals surface area contributed by atoms with Crippen LogP contribution in [0.5, 0.6) is 0 Å². The SMILES string of the molecule is CCNC(=O)Nc1cc(-c2nc(C(F)(F)F)cs2)c(-c2cncc(C3=CCCN3)c2)cn1. The van der Waals surface area contributed by atoms with Gasteiger partial charge in [0.25, 0.3) is 0 Å². The highest BCUT2D eigenvalue weighted by Gasteiger charge is 2.34. The van der Waals surface area contributed by atoms with Crippen LogP contribution < -0.4 is 16.0 Å². The molecule has 0 aliphatic carbocycles. The van der Waals surface area contributed by atoms with Crippen LogP contribution in [-0.4, -0.2) is 34.1 Å². The molecular formula is C21H19F3N6OS. The second-order valence-corrected chi connectivity index (χ2v) is 7.79. The molecule has 0 saturated carbocycles. The molecule has 1 aliphatic rings. The first-order valence-corrected chi connectivity index (χ1v) is 10.7. The summed E-state index contributed by atoms with van der Waals surface area (Å²) in [4.78, 5) is 24.2. The number of thiazole rings is 1. The molecule has 0 fully saturated rings. The number of pyridine rings is 2. The smallest absolute Gasteiger partial charge is 0.384 e. The van der Waals surface area contributed by atoms with Gasteiger partial charge in [0.1, 0.15) is 10.8 Å². The Morgan fingerprint density at radius 1 is 1.19 bits per heavy atom. The molecule has 0 aromatic carbocycles. The van der Waals surface area contributed by atoms with Crippen LogP contribution in [0.25, 0.3) is 27.4 Å². The van der Waals surface area contributed by atoms with E-state index in [0.29, 0.717) is 23.2 Å². The Balaban J connectivity index is 1.79. The quantitative estimate of drug-likeness (QED) is 0.511. The van der Waals surface area contributed by atoms with E-state index in [-0.39, 0.29) is 10.8 Å². The van der Waals surface area contributed by atoms with Gasteiger partial charge in [-0.15, -0.1) is 11.3 Å². The molecule has 4 rings (SSSR count). The Labute approximate surface area is 185 Å². The lowest BCUT2D eigenvalue weighted by Gasteiger charge is -2.12. The topological polar surface area (TPSA) is 91.8 Å². The standard InChI is InChI=1S/C21H19F3N6OS/c1-2-26-20(31)30-18-7-14(19-29-17(11-32-19)21(22,23)24)15(10-28-18)12-6-13(9-25-8-12)16-4-3-5-27-16/h4,6-11,27H,2-3,5H2,1H3,(H2,26,28,30,31). The highest BCUT2D eigenvalue weighted by molar-refractivity contribution is 7.13. The number of nitrogens with zero attached hydrogens (tertiary/aromatic N) is 3. The van der Waals surface area contributed by atoms with Crippen LogP contribution in [0, 0.1) is 0 Å². The number of halogens is 3. The molecule has 1 aliphatic heterocycles. The van der Waals surface area contributed by atoms with Gasteiger partial charge in [0.15, 0.2) is 5.69 Å². The zero-order valence-corrected chi connectivity index (χ0v) is 17.8. The van der Waals surface area contributed by atoms with E-state index in [4.69, 9.17) is 0 Å². The Morgan fingerprint density at radius 3 is 2.69 bits per heavy atom. The average Bonchev–Trinajstić information content (AvgIpc) is 3.46. The summed E-state index contributed by atoms with van der Waals surface area (Å²) in [6.45, 7) is 3.02. The molecule has 0 saturated heterocycles. The third-order valence-corrected chi connectivity index (χ3v) is 5.55. The van der Waals surface area contributed by atoms with Gasteiger partial charge in [-0.1, -0.05) is 6.08 Å². The van der Waals surface area contributed by atoms with Crippen molar-refractivity contribution in [1.82, 2.24) is 25.6 Å². The van der Waals surface area contributed by atoms with Gasteiger partial charge in [0.2, 0.25) is 0 Å². The second kappa shape index (κ2) is 8.95. The van der Waals surface area contributed by atoms with Crippen molar-refractivity contribution >= 4 is 28.9 Å². The minimum Gasteiger partial charge on any atom is -0.384 e. The predicted molar refractivity (Wildman–Crippen MR) is 117 cm³/mol. The van der Waals surface area contributed by atoms with Gasteiger partial charge in [0.05, 0.1) is 0 Å². The Hall–Kier alpha value is -3.47. The van der Waals surface area contributed by atoms with Crippen LogP contribution in [0.15, 0.2) is 42.2 Å². The minimum atomic E-state index is -4.55. The van der Waals surface area contributed by atoms with Crippen molar-refractivity contribution in [2.24, 2.45) is 0 Å². The number of rotatable bonds is 5. The molecule has 3 N–H and O–H groups in total. The number of urea groups is 1. The second-order valence-electron chi connectivity index (χ2n) is 6.93. The number of anilines is 1. The van der Waals surface area contributed by atoms with Crippen LogP contribution in [-0.2, 0) is 6.18 Å². The molecule has 0 spiro atoms. The number of alkyl halides is 3. The molecule has 4 heterocycles. The van der Waals surface area contributed by atoms with Crippen molar-refractivity contribution in [3.05, 3.63) is 53.4 Å². The molecule has 2 amide bonds. The van der Waals surface area contributed by atoms with E-state index >= 15 is 0 Å². The molecule has 0 unspecified atom stereocenters. The average molecular weight is 460 g/mol. The molecule has 7 nitrogen and oxygen atoms in total. The summed E-state index contributed by atoms with van der Waals surface area (Å²) in [5, 5.41) is 9.58. The monoisotopic (exact) mass is 460 g/mol. The Kier molecular flexibility index (Phi) is 6.08. The van der Waals surface area contributed by atoms with Crippen molar-refractivity contribution in [2.75, 3.05) is 18.4 Å². The van der Waals surface area contributed by atoms with Gasteiger partial charge in [-0.2, -0.15) is 13.2 Å². The molecule has 0 radical (unpaired) electrons. The van der Waals surface area contributed by atoms with Crippen LogP contribution >= 0.6 is 11.3 Å². The first kappa shape index (κ1) is 21.8. The zero-order chi connectivity index (χ0) is 22.7. The number of amides is 2. The fourth-order valence-electron chi connectivity index (χ4n) is 3.23. The number of carbonyl (C=O) groups excluding carboxylic acids is 1. The first-order chi connectivity index (χ1) is 15.3. The molecular weight excluding hydrogens is 441 g/mol. The Bertz CT molecular complexity index is 1170. The fraction of sp³-hybridized carbons (Fsp3) is 0.238. The van der Waals surface area contributed by atoms with E-state index in [9.17, 15) is 18.0 Å². The van der Waals surface area contributed by atoms with Crippen molar-refractivity contribution < 1.29 is 18.0 Å².